The van der Waals surface area contributed by atoms with Crippen molar-refractivity contribution in [2.24, 2.45) is 0 Å². The summed E-state index contributed by atoms with van der Waals surface area (Å²) in [4.78, 5) is 22.0. The third-order valence-corrected chi connectivity index (χ3v) is 2.29. The monoisotopic (exact) mass is 232 g/mol. The number of hydrogen-bond acceptors (Lipinski definition) is 4. The van der Waals surface area contributed by atoms with Gasteiger partial charge in [0.1, 0.15) is 6.10 Å². The zero-order chi connectivity index (χ0) is 11.4. The smallest absolute Gasteiger partial charge is 0.335 e. The molecule has 84 valence electrons. The third kappa shape index (κ3) is 3.23. The lowest BCUT2D eigenvalue weighted by atomic mass is 10.0. The quantitative estimate of drug-likeness (QED) is 0.548. The Hall–Kier alpha value is -1.03. The maximum absolute atomic E-state index is 11.4. The van der Waals surface area contributed by atoms with E-state index in [-0.39, 0.29) is 12.1 Å². The summed E-state index contributed by atoms with van der Waals surface area (Å²) in [6.07, 6.45) is 0.443. The van der Waals surface area contributed by atoms with Crippen molar-refractivity contribution in [3.05, 3.63) is 10.6 Å². The molecule has 0 aliphatic carbocycles. The van der Waals surface area contributed by atoms with Crippen molar-refractivity contribution in [2.45, 2.75) is 32.8 Å². The van der Waals surface area contributed by atoms with Crippen LogP contribution in [0.1, 0.15) is 26.7 Å². The molecule has 1 fully saturated rings. The molecule has 0 bridgehead atoms. The van der Waals surface area contributed by atoms with Crippen LogP contribution >= 0.6 is 11.6 Å². The number of carbonyl (C=O) groups excluding carboxylic acids is 2. The number of rotatable bonds is 4. The van der Waals surface area contributed by atoms with E-state index in [1.807, 2.05) is 0 Å². The Kier molecular flexibility index (Phi) is 4.15. The summed E-state index contributed by atoms with van der Waals surface area (Å²) in [7, 11) is 0. The molecular weight excluding hydrogens is 220 g/mol. The Morgan fingerprint density at radius 2 is 2.27 bits per heavy atom. The van der Waals surface area contributed by atoms with E-state index in [1.54, 1.807) is 13.8 Å². The lowest BCUT2D eigenvalue weighted by Gasteiger charge is -2.26. The molecule has 0 unspecified atom stereocenters. The summed E-state index contributed by atoms with van der Waals surface area (Å²) in [5.74, 6) is -0.677. The van der Waals surface area contributed by atoms with Gasteiger partial charge in [-0.25, -0.2) is 4.79 Å². The first-order valence-electron chi connectivity index (χ1n) is 4.76. The number of carbonyl (C=O) groups is 2. The van der Waals surface area contributed by atoms with Crippen LogP contribution in [0.2, 0.25) is 0 Å². The predicted octanol–water partition coefficient (Wildman–Crippen LogP) is 1.77. The largest absolute Gasteiger partial charge is 0.463 e. The normalized spacial score (nSPS) is 21.3. The van der Waals surface area contributed by atoms with Crippen molar-refractivity contribution in [3.63, 3.8) is 0 Å². The molecule has 1 atom stereocenters. The molecule has 4 nitrogen and oxygen atoms in total. The minimum atomic E-state index is -0.437. The first-order chi connectivity index (χ1) is 7.04. The summed E-state index contributed by atoms with van der Waals surface area (Å²) in [5, 5.41) is 0.386. The number of esters is 2. The maximum atomic E-state index is 11.4. The molecule has 0 radical (unpaired) electrons. The van der Waals surface area contributed by atoms with Crippen LogP contribution in [-0.4, -0.2) is 24.6 Å². The van der Waals surface area contributed by atoms with Gasteiger partial charge in [0.05, 0.1) is 18.6 Å². The van der Waals surface area contributed by atoms with E-state index in [2.05, 4.69) is 0 Å². The second-order valence-corrected chi connectivity index (χ2v) is 3.82. The van der Waals surface area contributed by atoms with E-state index < -0.39 is 5.97 Å². The maximum Gasteiger partial charge on any atom is 0.335 e. The fourth-order valence-corrected chi connectivity index (χ4v) is 1.44. The van der Waals surface area contributed by atoms with Crippen molar-refractivity contribution in [1.82, 2.24) is 0 Å². The van der Waals surface area contributed by atoms with Crippen LogP contribution < -0.4 is 0 Å². The highest BCUT2D eigenvalue weighted by Crippen LogP contribution is 2.24. The van der Waals surface area contributed by atoms with Gasteiger partial charge < -0.3 is 9.47 Å². The van der Waals surface area contributed by atoms with Gasteiger partial charge in [0.15, 0.2) is 0 Å². The molecule has 0 aromatic heterocycles. The molecule has 1 saturated heterocycles. The second-order valence-electron chi connectivity index (χ2n) is 3.25. The van der Waals surface area contributed by atoms with Gasteiger partial charge in [-0.2, -0.15) is 0 Å². The fourth-order valence-electron chi connectivity index (χ4n) is 1.29. The fraction of sp³-hybridized carbons (Fsp3) is 0.600. The molecule has 1 heterocycles. The Morgan fingerprint density at radius 1 is 1.67 bits per heavy atom. The molecule has 1 aliphatic rings. The third-order valence-electron chi connectivity index (χ3n) is 2.06. The van der Waals surface area contributed by atoms with Gasteiger partial charge >= 0.3 is 11.9 Å². The SMILES string of the molecule is CCOC(=O)/C(C[C@@H]1CC(=O)O1)=C(/C)Cl. The Morgan fingerprint density at radius 3 is 2.67 bits per heavy atom. The van der Waals surface area contributed by atoms with Crippen molar-refractivity contribution in [2.75, 3.05) is 6.61 Å². The summed E-state index contributed by atoms with van der Waals surface area (Å²) in [6.45, 7) is 3.65. The van der Waals surface area contributed by atoms with Crippen molar-refractivity contribution >= 4 is 23.5 Å². The molecular formula is C10H13ClO4. The standard InChI is InChI=1S/C10H13ClO4/c1-3-14-10(13)8(6(2)11)4-7-5-9(12)15-7/h7H,3-5H2,1-2H3/b8-6-/t7-/m1/s1. The van der Waals surface area contributed by atoms with Gasteiger partial charge in [-0.1, -0.05) is 11.6 Å². The average molecular weight is 233 g/mol. The first kappa shape index (κ1) is 12.0. The number of hydrogen-bond donors (Lipinski definition) is 0. The Labute approximate surface area is 93.2 Å². The van der Waals surface area contributed by atoms with Crippen LogP contribution in [0.5, 0.6) is 0 Å². The number of ether oxygens (including phenoxy) is 2. The zero-order valence-corrected chi connectivity index (χ0v) is 9.47. The highest BCUT2D eigenvalue weighted by Gasteiger charge is 2.31. The van der Waals surface area contributed by atoms with E-state index in [4.69, 9.17) is 21.1 Å². The van der Waals surface area contributed by atoms with E-state index in [0.29, 0.717) is 30.1 Å². The zero-order valence-electron chi connectivity index (χ0n) is 8.71. The van der Waals surface area contributed by atoms with Crippen LogP contribution in [0.3, 0.4) is 0 Å². The number of allylic oxidation sites excluding steroid dienone is 1. The molecule has 0 spiro atoms. The topological polar surface area (TPSA) is 52.6 Å². The summed E-state index contributed by atoms with van der Waals surface area (Å²) in [5.41, 5.74) is 0.385. The molecule has 1 aliphatic heterocycles. The molecule has 5 heteroatoms. The summed E-state index contributed by atoms with van der Waals surface area (Å²) >= 11 is 5.77. The van der Waals surface area contributed by atoms with Crippen LogP contribution in [0.4, 0.5) is 0 Å². The molecule has 0 aromatic rings. The molecule has 0 N–H and O–H groups in total. The van der Waals surface area contributed by atoms with E-state index in [1.165, 1.54) is 0 Å². The number of halogens is 1. The minimum Gasteiger partial charge on any atom is -0.463 e. The van der Waals surface area contributed by atoms with Gasteiger partial charge in [-0.15, -0.1) is 0 Å². The lowest BCUT2D eigenvalue weighted by molar-refractivity contribution is -0.169. The van der Waals surface area contributed by atoms with Gasteiger partial charge in [0, 0.05) is 11.5 Å². The second kappa shape index (κ2) is 5.16. The van der Waals surface area contributed by atoms with Crippen LogP contribution in [0.15, 0.2) is 10.6 Å². The van der Waals surface area contributed by atoms with E-state index in [9.17, 15) is 9.59 Å². The first-order valence-corrected chi connectivity index (χ1v) is 5.14. The van der Waals surface area contributed by atoms with E-state index >= 15 is 0 Å². The molecule has 1 rings (SSSR count). The van der Waals surface area contributed by atoms with Gasteiger partial charge in [0.25, 0.3) is 0 Å². The average Bonchev–Trinajstić information content (AvgIpc) is 2.10. The Bertz CT molecular complexity index is 297. The van der Waals surface area contributed by atoms with Crippen LogP contribution in [-0.2, 0) is 19.1 Å². The highest BCUT2D eigenvalue weighted by atomic mass is 35.5. The van der Waals surface area contributed by atoms with Crippen molar-refractivity contribution in [3.8, 4) is 0 Å². The highest BCUT2D eigenvalue weighted by molar-refractivity contribution is 6.31. The van der Waals surface area contributed by atoms with E-state index in [0.717, 1.165) is 0 Å². The van der Waals surface area contributed by atoms with Crippen LogP contribution in [0.25, 0.3) is 0 Å². The summed E-state index contributed by atoms with van der Waals surface area (Å²) < 4.78 is 9.65. The predicted molar refractivity (Wildman–Crippen MR) is 54.3 cm³/mol. The van der Waals surface area contributed by atoms with Gasteiger partial charge in [-0.3, -0.25) is 4.79 Å². The number of cyclic esters (lactones) is 1. The lowest BCUT2D eigenvalue weighted by Crippen LogP contribution is -2.34. The molecule has 0 aromatic carbocycles. The minimum absolute atomic E-state index is 0.231. The Balaban J connectivity index is 2.56. The van der Waals surface area contributed by atoms with Crippen molar-refractivity contribution < 1.29 is 19.1 Å². The van der Waals surface area contributed by atoms with Crippen LogP contribution in [0, 0.1) is 0 Å². The molecule has 0 amide bonds. The molecule has 15 heavy (non-hydrogen) atoms. The van der Waals surface area contributed by atoms with Gasteiger partial charge in [-0.05, 0) is 13.8 Å². The summed E-state index contributed by atoms with van der Waals surface area (Å²) in [6, 6.07) is 0. The molecule has 0 saturated carbocycles. The van der Waals surface area contributed by atoms with Crippen molar-refractivity contribution in [1.29, 1.82) is 0 Å². The van der Waals surface area contributed by atoms with Gasteiger partial charge in [0.2, 0.25) is 0 Å².